The lowest BCUT2D eigenvalue weighted by Gasteiger charge is -2.03. The summed E-state index contributed by atoms with van der Waals surface area (Å²) in [5.74, 6) is -0.284. The van der Waals surface area contributed by atoms with Crippen LogP contribution in [0, 0.1) is 5.82 Å². The molecule has 4 rings (SSSR count). The summed E-state index contributed by atoms with van der Waals surface area (Å²) in [6.45, 7) is 0. The van der Waals surface area contributed by atoms with Gasteiger partial charge in [0.2, 0.25) is 0 Å². The Morgan fingerprint density at radius 2 is 1.95 bits per heavy atom. The van der Waals surface area contributed by atoms with Crippen LogP contribution in [0.15, 0.2) is 48.8 Å². The molecule has 0 aliphatic heterocycles. The van der Waals surface area contributed by atoms with Gasteiger partial charge in [0.15, 0.2) is 0 Å². The summed E-state index contributed by atoms with van der Waals surface area (Å²) in [5.41, 5.74) is 3.81. The Hall–Kier alpha value is -2.82. The Bertz CT molecular complexity index is 929. The van der Waals surface area contributed by atoms with E-state index in [0.717, 1.165) is 21.9 Å². The summed E-state index contributed by atoms with van der Waals surface area (Å²) < 4.78 is 13.3. The standard InChI is InChI=1S/C15H9FN4/c16-11-3-1-2-9(4-11)15-8-17-13-5-10-7-18-20-12(10)6-14(13)19-15/h1-8H,(H,18,20). The SMILES string of the molecule is Fc1cccc(-c2cnc3cc4cn[nH]c4cc3n2)c1. The maximum Gasteiger partial charge on any atom is 0.123 e. The van der Waals surface area contributed by atoms with Crippen molar-refractivity contribution >= 4 is 21.9 Å². The van der Waals surface area contributed by atoms with Gasteiger partial charge in [-0.2, -0.15) is 5.10 Å². The first-order valence-corrected chi connectivity index (χ1v) is 6.15. The normalized spacial score (nSPS) is 11.2. The molecule has 2 aromatic heterocycles. The average molecular weight is 264 g/mol. The van der Waals surface area contributed by atoms with Crippen molar-refractivity contribution in [2.24, 2.45) is 0 Å². The van der Waals surface area contributed by atoms with E-state index < -0.39 is 0 Å². The fourth-order valence-corrected chi connectivity index (χ4v) is 2.24. The number of hydrogen-bond donors (Lipinski definition) is 1. The quantitative estimate of drug-likeness (QED) is 0.574. The highest BCUT2D eigenvalue weighted by Gasteiger charge is 2.06. The lowest BCUT2D eigenvalue weighted by molar-refractivity contribution is 0.628. The molecule has 0 aliphatic rings. The molecule has 20 heavy (non-hydrogen) atoms. The molecule has 0 fully saturated rings. The molecule has 0 bridgehead atoms. The van der Waals surface area contributed by atoms with Gasteiger partial charge in [-0.1, -0.05) is 12.1 Å². The number of H-pyrrole nitrogens is 1. The number of nitrogens with zero attached hydrogens (tertiary/aromatic N) is 3. The third-order valence-electron chi connectivity index (χ3n) is 3.22. The Labute approximate surface area is 113 Å². The van der Waals surface area contributed by atoms with Crippen LogP contribution in [-0.4, -0.2) is 20.2 Å². The van der Waals surface area contributed by atoms with E-state index in [0.29, 0.717) is 11.3 Å². The molecule has 96 valence electrons. The lowest BCUT2D eigenvalue weighted by Crippen LogP contribution is -1.89. The van der Waals surface area contributed by atoms with Crippen molar-refractivity contribution in [2.75, 3.05) is 0 Å². The van der Waals surface area contributed by atoms with E-state index in [9.17, 15) is 4.39 Å². The second-order valence-electron chi connectivity index (χ2n) is 4.56. The highest BCUT2D eigenvalue weighted by Crippen LogP contribution is 2.22. The van der Waals surface area contributed by atoms with Crippen LogP contribution < -0.4 is 0 Å². The topological polar surface area (TPSA) is 54.5 Å². The highest BCUT2D eigenvalue weighted by molar-refractivity contribution is 5.92. The molecule has 5 heteroatoms. The summed E-state index contributed by atoms with van der Waals surface area (Å²) in [6, 6.07) is 10.2. The molecule has 0 saturated carbocycles. The number of benzene rings is 2. The summed E-state index contributed by atoms with van der Waals surface area (Å²) in [4.78, 5) is 8.93. The van der Waals surface area contributed by atoms with Crippen LogP contribution in [0.4, 0.5) is 4.39 Å². The highest BCUT2D eigenvalue weighted by atomic mass is 19.1. The van der Waals surface area contributed by atoms with Crippen molar-refractivity contribution in [3.8, 4) is 11.3 Å². The molecular formula is C15H9FN4. The van der Waals surface area contributed by atoms with Gasteiger partial charge in [0.05, 0.1) is 34.6 Å². The third kappa shape index (κ3) is 1.72. The van der Waals surface area contributed by atoms with E-state index in [1.165, 1.54) is 12.1 Å². The fraction of sp³-hybridized carbons (Fsp3) is 0. The van der Waals surface area contributed by atoms with E-state index in [2.05, 4.69) is 20.2 Å². The maximum atomic E-state index is 13.3. The number of fused-ring (bicyclic) bond motifs is 2. The molecule has 0 atom stereocenters. The Morgan fingerprint density at radius 1 is 1.00 bits per heavy atom. The maximum absolute atomic E-state index is 13.3. The smallest absolute Gasteiger partial charge is 0.123 e. The molecule has 0 radical (unpaired) electrons. The van der Waals surface area contributed by atoms with E-state index in [-0.39, 0.29) is 5.82 Å². The lowest BCUT2D eigenvalue weighted by atomic mass is 10.1. The molecule has 0 aliphatic carbocycles. The van der Waals surface area contributed by atoms with Crippen LogP contribution >= 0.6 is 0 Å². The molecular weight excluding hydrogens is 255 g/mol. The number of aromatic nitrogens is 4. The van der Waals surface area contributed by atoms with Crippen LogP contribution in [0.25, 0.3) is 33.2 Å². The van der Waals surface area contributed by atoms with Crippen LogP contribution in [0.1, 0.15) is 0 Å². The average Bonchev–Trinajstić information content (AvgIpc) is 2.91. The van der Waals surface area contributed by atoms with E-state index in [1.54, 1.807) is 18.5 Å². The molecule has 2 aromatic carbocycles. The first-order chi connectivity index (χ1) is 9.79. The number of rotatable bonds is 1. The van der Waals surface area contributed by atoms with Gasteiger partial charge in [-0.05, 0) is 24.3 Å². The Balaban J connectivity index is 1.95. The number of hydrogen-bond acceptors (Lipinski definition) is 3. The Morgan fingerprint density at radius 3 is 2.85 bits per heavy atom. The molecule has 0 amide bonds. The van der Waals surface area contributed by atoms with Crippen LogP contribution in [-0.2, 0) is 0 Å². The first kappa shape index (κ1) is 11.0. The zero-order valence-corrected chi connectivity index (χ0v) is 10.3. The van der Waals surface area contributed by atoms with Crippen molar-refractivity contribution in [1.82, 2.24) is 20.2 Å². The first-order valence-electron chi connectivity index (χ1n) is 6.15. The minimum atomic E-state index is -0.284. The van der Waals surface area contributed by atoms with Gasteiger partial charge in [0.1, 0.15) is 5.82 Å². The molecule has 0 spiro atoms. The third-order valence-corrected chi connectivity index (χ3v) is 3.22. The van der Waals surface area contributed by atoms with Crippen LogP contribution in [0.5, 0.6) is 0 Å². The zero-order chi connectivity index (χ0) is 13.5. The molecule has 4 nitrogen and oxygen atoms in total. The summed E-state index contributed by atoms with van der Waals surface area (Å²) in [7, 11) is 0. The predicted molar refractivity (Wildman–Crippen MR) is 74.6 cm³/mol. The van der Waals surface area contributed by atoms with Gasteiger partial charge in [0, 0.05) is 10.9 Å². The van der Waals surface area contributed by atoms with Gasteiger partial charge in [-0.3, -0.25) is 10.1 Å². The minimum Gasteiger partial charge on any atom is -0.278 e. The molecule has 1 N–H and O–H groups in total. The predicted octanol–water partition coefficient (Wildman–Crippen LogP) is 3.31. The fourth-order valence-electron chi connectivity index (χ4n) is 2.24. The largest absolute Gasteiger partial charge is 0.278 e. The van der Waals surface area contributed by atoms with Gasteiger partial charge >= 0.3 is 0 Å². The van der Waals surface area contributed by atoms with Gasteiger partial charge in [0.25, 0.3) is 0 Å². The minimum absolute atomic E-state index is 0.284. The van der Waals surface area contributed by atoms with Crippen LogP contribution in [0.3, 0.4) is 0 Å². The number of aromatic amines is 1. The zero-order valence-electron chi connectivity index (χ0n) is 10.3. The molecule has 0 unspecified atom stereocenters. The summed E-state index contributed by atoms with van der Waals surface area (Å²) in [5, 5.41) is 7.88. The second-order valence-corrected chi connectivity index (χ2v) is 4.56. The van der Waals surface area contributed by atoms with Gasteiger partial charge < -0.3 is 0 Å². The van der Waals surface area contributed by atoms with Crippen molar-refractivity contribution in [1.29, 1.82) is 0 Å². The Kier molecular flexibility index (Phi) is 2.26. The summed E-state index contributed by atoms with van der Waals surface area (Å²) >= 11 is 0. The second kappa shape index (κ2) is 4.09. The van der Waals surface area contributed by atoms with Crippen molar-refractivity contribution in [3.05, 3.63) is 54.6 Å². The van der Waals surface area contributed by atoms with Crippen LogP contribution in [0.2, 0.25) is 0 Å². The number of nitrogens with one attached hydrogen (secondary N) is 1. The van der Waals surface area contributed by atoms with Gasteiger partial charge in [-0.25, -0.2) is 9.37 Å². The van der Waals surface area contributed by atoms with Crippen molar-refractivity contribution in [3.63, 3.8) is 0 Å². The number of halogens is 1. The summed E-state index contributed by atoms with van der Waals surface area (Å²) in [6.07, 6.45) is 3.40. The van der Waals surface area contributed by atoms with Crippen molar-refractivity contribution in [2.45, 2.75) is 0 Å². The van der Waals surface area contributed by atoms with E-state index >= 15 is 0 Å². The monoisotopic (exact) mass is 264 g/mol. The molecule has 4 aromatic rings. The van der Waals surface area contributed by atoms with Gasteiger partial charge in [-0.15, -0.1) is 0 Å². The van der Waals surface area contributed by atoms with E-state index in [4.69, 9.17) is 0 Å². The molecule has 0 saturated heterocycles. The van der Waals surface area contributed by atoms with Crippen molar-refractivity contribution < 1.29 is 4.39 Å². The van der Waals surface area contributed by atoms with E-state index in [1.807, 2.05) is 18.2 Å². The molecule has 2 heterocycles.